The van der Waals surface area contributed by atoms with Crippen molar-refractivity contribution < 1.29 is 15.3 Å². The molecule has 0 heterocycles. The molecule has 0 radical (unpaired) electrons. The molecule has 1 aliphatic rings. The molecule has 0 bridgehead atoms. The summed E-state index contributed by atoms with van der Waals surface area (Å²) >= 11 is 0. The molecule has 82 valence electrons. The smallest absolute Gasteiger partial charge is 0.157 e. The van der Waals surface area contributed by atoms with Crippen LogP contribution in [0, 0.1) is 5.92 Å². The molecule has 1 aliphatic carbocycles. The van der Waals surface area contributed by atoms with Gasteiger partial charge in [-0.05, 0) is 36.5 Å². The fourth-order valence-corrected chi connectivity index (χ4v) is 1.68. The molecule has 0 unspecified atom stereocenters. The fourth-order valence-electron chi connectivity index (χ4n) is 1.68. The van der Waals surface area contributed by atoms with Crippen molar-refractivity contribution in [3.63, 3.8) is 0 Å². The first-order chi connectivity index (χ1) is 7.09. The van der Waals surface area contributed by atoms with E-state index in [-0.39, 0.29) is 17.4 Å². The van der Waals surface area contributed by atoms with E-state index in [9.17, 15) is 10.2 Å². The van der Waals surface area contributed by atoms with Gasteiger partial charge in [0.1, 0.15) is 0 Å². The first-order valence-corrected chi connectivity index (χ1v) is 5.05. The summed E-state index contributed by atoms with van der Waals surface area (Å²) < 4.78 is 0. The molecule has 1 aromatic carbocycles. The number of phenols is 2. The van der Waals surface area contributed by atoms with E-state index in [0.717, 1.165) is 12.8 Å². The lowest BCUT2D eigenvalue weighted by Crippen LogP contribution is -2.27. The van der Waals surface area contributed by atoms with Gasteiger partial charge in [-0.15, -0.1) is 0 Å². The zero-order valence-electron chi connectivity index (χ0n) is 8.30. The fraction of sp³-hybridized carbons (Fsp3) is 0.455. The van der Waals surface area contributed by atoms with E-state index < -0.39 is 12.1 Å². The Morgan fingerprint density at radius 3 is 2.40 bits per heavy atom. The third kappa shape index (κ3) is 2.06. The standard InChI is InChI=1S/C11H15NO3/c12-10(11(15)6-1-2-6)7-3-4-8(13)9(14)5-7/h3-6,10-11,13-15H,1-2,12H2/t10-,11+/m1/s1. The number of hydrogen-bond donors (Lipinski definition) is 4. The van der Waals surface area contributed by atoms with Crippen LogP contribution in [0.5, 0.6) is 11.5 Å². The van der Waals surface area contributed by atoms with Crippen molar-refractivity contribution in [1.29, 1.82) is 0 Å². The number of aliphatic hydroxyl groups excluding tert-OH is 1. The Balaban J connectivity index is 2.17. The van der Waals surface area contributed by atoms with Crippen molar-refractivity contribution in [2.24, 2.45) is 11.7 Å². The van der Waals surface area contributed by atoms with Crippen LogP contribution in [0.4, 0.5) is 0 Å². The molecule has 1 fully saturated rings. The van der Waals surface area contributed by atoms with E-state index >= 15 is 0 Å². The Morgan fingerprint density at radius 1 is 1.20 bits per heavy atom. The van der Waals surface area contributed by atoms with Crippen LogP contribution in [0.15, 0.2) is 18.2 Å². The Morgan fingerprint density at radius 2 is 1.87 bits per heavy atom. The molecule has 0 aliphatic heterocycles. The van der Waals surface area contributed by atoms with Gasteiger partial charge >= 0.3 is 0 Å². The average molecular weight is 209 g/mol. The SMILES string of the molecule is N[C@H](c1ccc(O)c(O)c1)[C@@H](O)C1CC1. The molecule has 2 rings (SSSR count). The summed E-state index contributed by atoms with van der Waals surface area (Å²) in [5.74, 6) is -0.0891. The molecular weight excluding hydrogens is 194 g/mol. The third-order valence-corrected chi connectivity index (χ3v) is 2.86. The molecule has 4 nitrogen and oxygen atoms in total. The van der Waals surface area contributed by atoms with Gasteiger partial charge in [-0.1, -0.05) is 6.07 Å². The zero-order chi connectivity index (χ0) is 11.0. The molecule has 0 aromatic heterocycles. The summed E-state index contributed by atoms with van der Waals surface area (Å²) in [4.78, 5) is 0. The minimum Gasteiger partial charge on any atom is -0.504 e. The van der Waals surface area contributed by atoms with Crippen molar-refractivity contribution in [1.82, 2.24) is 0 Å². The van der Waals surface area contributed by atoms with Crippen LogP contribution in [0.1, 0.15) is 24.4 Å². The van der Waals surface area contributed by atoms with E-state index in [1.807, 2.05) is 0 Å². The van der Waals surface area contributed by atoms with Crippen molar-refractivity contribution in [3.05, 3.63) is 23.8 Å². The molecule has 1 aromatic rings. The molecular formula is C11H15NO3. The number of nitrogens with two attached hydrogens (primary N) is 1. The predicted molar refractivity (Wildman–Crippen MR) is 55.4 cm³/mol. The van der Waals surface area contributed by atoms with Crippen molar-refractivity contribution in [3.8, 4) is 11.5 Å². The van der Waals surface area contributed by atoms with Crippen LogP contribution in [-0.2, 0) is 0 Å². The van der Waals surface area contributed by atoms with Crippen LogP contribution >= 0.6 is 0 Å². The van der Waals surface area contributed by atoms with Crippen molar-refractivity contribution >= 4 is 0 Å². The molecule has 5 N–H and O–H groups in total. The average Bonchev–Trinajstić information content (AvgIpc) is 3.03. The Bertz CT molecular complexity index is 363. The quantitative estimate of drug-likeness (QED) is 0.556. The second-order valence-electron chi connectivity index (χ2n) is 4.10. The maximum Gasteiger partial charge on any atom is 0.157 e. The van der Waals surface area contributed by atoms with Gasteiger partial charge in [0.2, 0.25) is 0 Å². The molecule has 4 heteroatoms. The first-order valence-electron chi connectivity index (χ1n) is 5.05. The van der Waals surface area contributed by atoms with Crippen LogP contribution in [0.25, 0.3) is 0 Å². The highest BCUT2D eigenvalue weighted by Crippen LogP contribution is 2.38. The minimum absolute atomic E-state index is 0.174. The molecule has 0 saturated heterocycles. The summed E-state index contributed by atoms with van der Waals surface area (Å²) in [6, 6.07) is 3.89. The van der Waals surface area contributed by atoms with Crippen molar-refractivity contribution in [2.75, 3.05) is 0 Å². The Labute approximate surface area is 88.0 Å². The van der Waals surface area contributed by atoms with Gasteiger partial charge in [0.15, 0.2) is 11.5 Å². The highest BCUT2D eigenvalue weighted by atomic mass is 16.3. The Kier molecular flexibility index (Phi) is 2.54. The number of aliphatic hydroxyl groups is 1. The number of hydrogen-bond acceptors (Lipinski definition) is 4. The molecule has 1 saturated carbocycles. The van der Waals surface area contributed by atoms with Crippen LogP contribution in [0.3, 0.4) is 0 Å². The summed E-state index contributed by atoms with van der Waals surface area (Å²) in [5.41, 5.74) is 6.50. The number of rotatable bonds is 3. The molecule has 0 spiro atoms. The van der Waals surface area contributed by atoms with Gasteiger partial charge in [0, 0.05) is 0 Å². The second kappa shape index (κ2) is 3.72. The lowest BCUT2D eigenvalue weighted by atomic mass is 9.99. The van der Waals surface area contributed by atoms with Gasteiger partial charge in [-0.3, -0.25) is 0 Å². The van der Waals surface area contributed by atoms with Gasteiger partial charge < -0.3 is 21.1 Å². The topological polar surface area (TPSA) is 86.7 Å². The summed E-state index contributed by atoms with van der Waals surface area (Å²) in [6.45, 7) is 0. The lowest BCUT2D eigenvalue weighted by molar-refractivity contribution is 0.122. The van der Waals surface area contributed by atoms with Gasteiger partial charge in [0.05, 0.1) is 12.1 Å². The van der Waals surface area contributed by atoms with Gasteiger partial charge in [-0.2, -0.15) is 0 Å². The second-order valence-corrected chi connectivity index (χ2v) is 4.10. The monoisotopic (exact) mass is 209 g/mol. The number of benzene rings is 1. The van der Waals surface area contributed by atoms with Crippen LogP contribution in [0.2, 0.25) is 0 Å². The van der Waals surface area contributed by atoms with E-state index in [1.165, 1.54) is 12.1 Å². The summed E-state index contributed by atoms with van der Waals surface area (Å²) in [5, 5.41) is 28.2. The number of phenolic OH excluding ortho intramolecular Hbond substituents is 2. The normalized spacial score (nSPS) is 19.9. The van der Waals surface area contributed by atoms with Gasteiger partial charge in [0.25, 0.3) is 0 Å². The summed E-state index contributed by atoms with van der Waals surface area (Å²) in [7, 11) is 0. The lowest BCUT2D eigenvalue weighted by Gasteiger charge is -2.18. The maximum atomic E-state index is 9.80. The van der Waals surface area contributed by atoms with E-state index in [0.29, 0.717) is 5.56 Å². The minimum atomic E-state index is -0.561. The highest BCUT2D eigenvalue weighted by molar-refractivity contribution is 5.41. The maximum absolute atomic E-state index is 9.80. The highest BCUT2D eigenvalue weighted by Gasteiger charge is 2.34. The third-order valence-electron chi connectivity index (χ3n) is 2.86. The molecule has 0 amide bonds. The largest absolute Gasteiger partial charge is 0.504 e. The first kappa shape index (κ1) is 10.3. The predicted octanol–water partition coefficient (Wildman–Crippen LogP) is 0.868. The van der Waals surface area contributed by atoms with E-state index in [4.69, 9.17) is 10.8 Å². The zero-order valence-corrected chi connectivity index (χ0v) is 8.30. The van der Waals surface area contributed by atoms with Gasteiger partial charge in [-0.25, -0.2) is 0 Å². The van der Waals surface area contributed by atoms with E-state index in [2.05, 4.69) is 0 Å². The number of aromatic hydroxyl groups is 2. The van der Waals surface area contributed by atoms with Crippen LogP contribution < -0.4 is 5.73 Å². The van der Waals surface area contributed by atoms with Crippen molar-refractivity contribution in [2.45, 2.75) is 25.0 Å². The van der Waals surface area contributed by atoms with E-state index in [1.54, 1.807) is 6.07 Å². The summed E-state index contributed by atoms with van der Waals surface area (Å²) in [6.07, 6.45) is 1.46. The molecule has 15 heavy (non-hydrogen) atoms. The van der Waals surface area contributed by atoms with Crippen LogP contribution in [-0.4, -0.2) is 21.4 Å². The Hall–Kier alpha value is -1.26. The molecule has 2 atom stereocenters.